The highest BCUT2D eigenvalue weighted by Gasteiger charge is 2.27. The first-order chi connectivity index (χ1) is 11.6. The summed E-state index contributed by atoms with van der Waals surface area (Å²) in [6.45, 7) is 0.305. The first kappa shape index (κ1) is 22.4. The summed E-state index contributed by atoms with van der Waals surface area (Å²) in [5, 5.41) is 23.5. The number of hydrogen-bond donors (Lipinski definition) is 6. The molecule has 0 spiro atoms. The lowest BCUT2D eigenvalue weighted by Crippen LogP contribution is -2.55. The van der Waals surface area contributed by atoms with E-state index in [4.69, 9.17) is 10.2 Å². The average molecular weight is 377 g/mol. The van der Waals surface area contributed by atoms with Gasteiger partial charge in [0.25, 0.3) is 5.91 Å². The molecule has 0 saturated carbocycles. The SMILES string of the molecule is CC(=O)C(=O)NC(CCC(=O)O)C(=O)NC(CS)C(=O)NCC(=O)O. The molecule has 0 aromatic carbocycles. The van der Waals surface area contributed by atoms with Gasteiger partial charge in [-0.25, -0.2) is 0 Å². The molecule has 2 unspecified atom stereocenters. The number of carboxylic acids is 2. The number of amides is 3. The Hall–Kier alpha value is -2.63. The minimum absolute atomic E-state index is 0.177. The summed E-state index contributed by atoms with van der Waals surface area (Å²) in [4.78, 5) is 67.4. The molecule has 0 aliphatic heterocycles. The number of hydrogen-bond acceptors (Lipinski definition) is 7. The molecular formula is C13H19N3O8S. The van der Waals surface area contributed by atoms with Crippen LogP contribution in [0.4, 0.5) is 0 Å². The molecule has 0 saturated heterocycles. The Morgan fingerprint density at radius 3 is 1.96 bits per heavy atom. The molecule has 0 bridgehead atoms. The van der Waals surface area contributed by atoms with Gasteiger partial charge in [-0.1, -0.05) is 0 Å². The molecule has 0 radical (unpaired) electrons. The second kappa shape index (κ2) is 11.0. The van der Waals surface area contributed by atoms with Gasteiger partial charge < -0.3 is 26.2 Å². The molecule has 0 fully saturated rings. The van der Waals surface area contributed by atoms with Gasteiger partial charge >= 0.3 is 11.9 Å². The lowest BCUT2D eigenvalue weighted by molar-refractivity contribution is -0.140. The first-order valence-electron chi connectivity index (χ1n) is 7.02. The van der Waals surface area contributed by atoms with E-state index in [0.717, 1.165) is 6.92 Å². The van der Waals surface area contributed by atoms with E-state index in [9.17, 15) is 28.8 Å². The number of carbonyl (C=O) groups excluding carboxylic acids is 4. The van der Waals surface area contributed by atoms with Crippen LogP contribution in [0.5, 0.6) is 0 Å². The van der Waals surface area contributed by atoms with Gasteiger partial charge in [-0.3, -0.25) is 28.8 Å². The Balaban J connectivity index is 4.97. The van der Waals surface area contributed by atoms with Crippen molar-refractivity contribution in [2.45, 2.75) is 31.8 Å². The van der Waals surface area contributed by atoms with Gasteiger partial charge in [-0.05, 0) is 6.42 Å². The zero-order valence-corrected chi connectivity index (χ0v) is 14.2. The van der Waals surface area contributed by atoms with E-state index in [1.54, 1.807) is 0 Å². The lowest BCUT2D eigenvalue weighted by atomic mass is 10.1. The Morgan fingerprint density at radius 2 is 1.52 bits per heavy atom. The number of thiol groups is 1. The molecule has 0 aliphatic carbocycles. The maximum absolute atomic E-state index is 12.2. The number of aliphatic carboxylic acids is 2. The highest BCUT2D eigenvalue weighted by atomic mass is 32.1. The summed E-state index contributed by atoms with van der Waals surface area (Å²) in [6, 6.07) is -2.57. The van der Waals surface area contributed by atoms with Crippen molar-refractivity contribution < 1.29 is 39.0 Å². The summed E-state index contributed by atoms with van der Waals surface area (Å²) >= 11 is 3.87. The van der Waals surface area contributed by atoms with Crippen LogP contribution in [0.3, 0.4) is 0 Å². The minimum Gasteiger partial charge on any atom is -0.481 e. The first-order valence-corrected chi connectivity index (χ1v) is 7.65. The number of ketones is 1. The fourth-order valence-corrected chi connectivity index (χ4v) is 1.81. The average Bonchev–Trinajstić information content (AvgIpc) is 2.53. The molecule has 25 heavy (non-hydrogen) atoms. The van der Waals surface area contributed by atoms with Crippen molar-refractivity contribution in [2.24, 2.45) is 0 Å². The minimum atomic E-state index is -1.36. The molecule has 0 rings (SSSR count). The second-order valence-corrected chi connectivity index (χ2v) is 5.24. The zero-order valence-electron chi connectivity index (χ0n) is 13.3. The Labute approximate surface area is 147 Å². The third-order valence-electron chi connectivity index (χ3n) is 2.82. The van der Waals surface area contributed by atoms with Gasteiger partial charge in [-0.15, -0.1) is 0 Å². The van der Waals surface area contributed by atoms with Crippen molar-refractivity contribution in [1.82, 2.24) is 16.0 Å². The topological polar surface area (TPSA) is 179 Å². The van der Waals surface area contributed by atoms with Crippen LogP contribution < -0.4 is 16.0 Å². The van der Waals surface area contributed by atoms with Crippen molar-refractivity contribution in [3.05, 3.63) is 0 Å². The fourth-order valence-electron chi connectivity index (χ4n) is 1.55. The molecule has 0 aliphatic rings. The largest absolute Gasteiger partial charge is 0.481 e. The smallest absolute Gasteiger partial charge is 0.322 e. The zero-order chi connectivity index (χ0) is 19.6. The van der Waals surface area contributed by atoms with Crippen molar-refractivity contribution in [3.63, 3.8) is 0 Å². The highest BCUT2D eigenvalue weighted by molar-refractivity contribution is 7.80. The predicted octanol–water partition coefficient (Wildman–Crippen LogP) is -2.46. The maximum Gasteiger partial charge on any atom is 0.322 e. The molecule has 0 heterocycles. The van der Waals surface area contributed by atoms with Gasteiger partial charge in [-0.2, -0.15) is 12.6 Å². The van der Waals surface area contributed by atoms with Crippen LogP contribution in [0.1, 0.15) is 19.8 Å². The van der Waals surface area contributed by atoms with Crippen LogP contribution in [-0.2, 0) is 28.8 Å². The van der Waals surface area contributed by atoms with Gasteiger partial charge in [0.1, 0.15) is 18.6 Å². The summed E-state index contributed by atoms with van der Waals surface area (Å²) in [6.07, 6.45) is -0.775. The van der Waals surface area contributed by atoms with E-state index < -0.39 is 60.5 Å². The number of Topliss-reactive ketones (excluding diaryl/α,β-unsaturated/α-hetero) is 1. The van der Waals surface area contributed by atoms with E-state index >= 15 is 0 Å². The summed E-state index contributed by atoms with van der Waals surface area (Å²) in [5.74, 6) is -6.36. The van der Waals surface area contributed by atoms with Crippen LogP contribution in [-0.4, -0.2) is 70.0 Å². The summed E-state index contributed by atoms with van der Waals surface area (Å²) in [5.41, 5.74) is 0. The predicted molar refractivity (Wildman–Crippen MR) is 85.9 cm³/mol. The van der Waals surface area contributed by atoms with Crippen LogP contribution in [0.2, 0.25) is 0 Å². The second-order valence-electron chi connectivity index (χ2n) is 4.87. The van der Waals surface area contributed by atoms with Gasteiger partial charge in [0.05, 0.1) is 0 Å². The third kappa shape index (κ3) is 9.30. The Bertz CT molecular complexity index is 565. The molecule has 140 valence electrons. The van der Waals surface area contributed by atoms with Crippen LogP contribution >= 0.6 is 12.6 Å². The molecule has 3 amide bonds. The lowest BCUT2D eigenvalue weighted by Gasteiger charge is -2.21. The molecule has 5 N–H and O–H groups in total. The van der Waals surface area contributed by atoms with Gasteiger partial charge in [0.2, 0.25) is 17.6 Å². The normalized spacial score (nSPS) is 12.4. The molecular weight excluding hydrogens is 358 g/mol. The molecule has 12 heteroatoms. The van der Waals surface area contributed by atoms with Crippen molar-refractivity contribution >= 4 is 48.1 Å². The number of rotatable bonds is 11. The van der Waals surface area contributed by atoms with Crippen LogP contribution in [0.25, 0.3) is 0 Å². The Kier molecular flexibility index (Phi) is 9.86. The number of carbonyl (C=O) groups is 6. The third-order valence-corrected chi connectivity index (χ3v) is 3.18. The van der Waals surface area contributed by atoms with Crippen LogP contribution in [0.15, 0.2) is 0 Å². The van der Waals surface area contributed by atoms with E-state index in [0.29, 0.717) is 0 Å². The summed E-state index contributed by atoms with van der Waals surface area (Å²) in [7, 11) is 0. The number of nitrogens with one attached hydrogen (secondary N) is 3. The van der Waals surface area contributed by atoms with Crippen molar-refractivity contribution in [1.29, 1.82) is 0 Å². The van der Waals surface area contributed by atoms with Crippen LogP contribution in [0, 0.1) is 0 Å². The number of carboxylic acid groups (broad SMARTS) is 2. The fraction of sp³-hybridized carbons (Fsp3) is 0.538. The van der Waals surface area contributed by atoms with E-state index in [2.05, 4.69) is 23.3 Å². The Morgan fingerprint density at radius 1 is 0.920 bits per heavy atom. The van der Waals surface area contributed by atoms with Crippen molar-refractivity contribution in [3.8, 4) is 0 Å². The van der Waals surface area contributed by atoms with Gasteiger partial charge in [0.15, 0.2) is 0 Å². The standard InChI is InChI=1S/C13H19N3O8S/c1-6(17)11(22)15-7(2-3-9(18)19)13(24)16-8(5-25)12(23)14-4-10(20)21/h7-8,25H,2-5H2,1H3,(H,14,23)(H,15,22)(H,16,24)(H,18,19)(H,20,21). The summed E-state index contributed by atoms with van der Waals surface area (Å²) < 4.78 is 0. The quantitative estimate of drug-likeness (QED) is 0.169. The monoisotopic (exact) mass is 377 g/mol. The van der Waals surface area contributed by atoms with E-state index in [1.165, 1.54) is 0 Å². The maximum atomic E-state index is 12.2. The molecule has 11 nitrogen and oxygen atoms in total. The molecule has 2 atom stereocenters. The molecule has 0 aromatic heterocycles. The van der Waals surface area contributed by atoms with E-state index in [-0.39, 0.29) is 12.2 Å². The van der Waals surface area contributed by atoms with E-state index in [1.807, 2.05) is 5.32 Å². The van der Waals surface area contributed by atoms with Crippen molar-refractivity contribution in [2.75, 3.05) is 12.3 Å². The highest BCUT2D eigenvalue weighted by Crippen LogP contribution is 2.00. The van der Waals surface area contributed by atoms with Gasteiger partial charge in [0, 0.05) is 19.1 Å². The molecule has 0 aromatic rings.